The predicted octanol–water partition coefficient (Wildman–Crippen LogP) is 2.18. The molecule has 1 fully saturated rings. The molecular formula is C18H10NO5S2-. The lowest BCUT2D eigenvalue weighted by Crippen LogP contribution is -2.28. The van der Waals surface area contributed by atoms with Crippen LogP contribution in [0.2, 0.25) is 0 Å². The fourth-order valence-electron chi connectivity index (χ4n) is 2.62. The molecule has 0 radical (unpaired) electrons. The third-order valence-corrected chi connectivity index (χ3v) is 5.13. The van der Waals surface area contributed by atoms with Crippen molar-refractivity contribution in [1.29, 1.82) is 0 Å². The molecule has 1 saturated heterocycles. The van der Waals surface area contributed by atoms with Crippen molar-refractivity contribution in [2.75, 3.05) is 11.7 Å². The molecule has 0 bridgehead atoms. The van der Waals surface area contributed by atoms with Crippen LogP contribution in [0.15, 0.2) is 47.4 Å². The molecule has 2 heterocycles. The second-order valence-electron chi connectivity index (χ2n) is 5.47. The summed E-state index contributed by atoms with van der Waals surface area (Å²) in [5, 5.41) is 11.0. The quantitative estimate of drug-likeness (QED) is 0.593. The molecule has 1 amide bonds. The molecule has 0 N–H and O–H groups in total. The number of thioether (sulfide) groups is 1. The number of benzene rings is 2. The SMILES string of the molecule is O=C([O-])c1cccc(N2C(=O)/C(=C/c3ccc4c(c3)OCO4)SC2=S)c1. The fraction of sp³-hybridized carbons (Fsp3) is 0.0556. The maximum Gasteiger partial charge on any atom is 0.270 e. The zero-order chi connectivity index (χ0) is 18.3. The summed E-state index contributed by atoms with van der Waals surface area (Å²) in [5.74, 6) is -0.342. The summed E-state index contributed by atoms with van der Waals surface area (Å²) in [6.07, 6.45) is 1.71. The normalized spacial score (nSPS) is 17.2. The van der Waals surface area contributed by atoms with Crippen LogP contribution in [0.25, 0.3) is 6.08 Å². The van der Waals surface area contributed by atoms with Crippen molar-refractivity contribution in [1.82, 2.24) is 0 Å². The van der Waals surface area contributed by atoms with E-state index in [4.69, 9.17) is 21.7 Å². The average molecular weight is 384 g/mol. The second kappa shape index (κ2) is 6.47. The Bertz CT molecular complexity index is 985. The van der Waals surface area contributed by atoms with Gasteiger partial charge in [-0.25, -0.2) is 0 Å². The van der Waals surface area contributed by atoms with Crippen LogP contribution < -0.4 is 19.5 Å². The van der Waals surface area contributed by atoms with Crippen molar-refractivity contribution in [3.05, 3.63) is 58.5 Å². The molecule has 0 aliphatic carbocycles. The Balaban J connectivity index is 1.65. The Morgan fingerprint density at radius 1 is 1.19 bits per heavy atom. The van der Waals surface area contributed by atoms with Crippen LogP contribution in [0.4, 0.5) is 5.69 Å². The molecule has 0 aromatic heterocycles. The first-order valence-corrected chi connectivity index (χ1v) is 8.74. The highest BCUT2D eigenvalue weighted by atomic mass is 32.2. The number of fused-ring (bicyclic) bond motifs is 1. The summed E-state index contributed by atoms with van der Waals surface area (Å²) in [4.78, 5) is 25.6. The third kappa shape index (κ3) is 2.93. The lowest BCUT2D eigenvalue weighted by molar-refractivity contribution is -0.255. The standard InChI is InChI=1S/C18H11NO5S2/c20-16-15(7-10-4-5-13-14(6-10)24-9-23-13)26-18(25)19(16)12-3-1-2-11(8-12)17(21)22/h1-8H,9H2,(H,21,22)/p-1/b15-7-. The molecule has 4 rings (SSSR count). The number of rotatable bonds is 3. The summed E-state index contributed by atoms with van der Waals surface area (Å²) in [6, 6.07) is 11.3. The molecule has 0 atom stereocenters. The Hall–Kier alpha value is -2.84. The number of anilines is 1. The number of thiocarbonyl (C=S) groups is 1. The van der Waals surface area contributed by atoms with Crippen LogP contribution in [0.3, 0.4) is 0 Å². The molecule has 130 valence electrons. The Labute approximate surface area is 158 Å². The van der Waals surface area contributed by atoms with Crippen molar-refractivity contribution in [2.45, 2.75) is 0 Å². The molecule has 2 aliphatic heterocycles. The summed E-state index contributed by atoms with van der Waals surface area (Å²) in [7, 11) is 0. The third-order valence-electron chi connectivity index (χ3n) is 3.83. The minimum absolute atomic E-state index is 0.0173. The monoisotopic (exact) mass is 384 g/mol. The van der Waals surface area contributed by atoms with Crippen LogP contribution >= 0.6 is 24.0 Å². The first-order valence-electron chi connectivity index (χ1n) is 7.52. The lowest BCUT2D eigenvalue weighted by atomic mass is 10.1. The van der Waals surface area contributed by atoms with Crippen LogP contribution in [0.1, 0.15) is 15.9 Å². The summed E-state index contributed by atoms with van der Waals surface area (Å²) in [5.41, 5.74) is 1.15. The molecule has 2 aliphatic rings. The van der Waals surface area contributed by atoms with Gasteiger partial charge in [-0.05, 0) is 41.5 Å². The van der Waals surface area contributed by atoms with E-state index >= 15 is 0 Å². The number of carbonyl (C=O) groups excluding carboxylic acids is 2. The number of carboxylic acids is 1. The Kier molecular flexibility index (Phi) is 4.14. The van der Waals surface area contributed by atoms with Crippen molar-refractivity contribution in [3.63, 3.8) is 0 Å². The molecule has 0 spiro atoms. The summed E-state index contributed by atoms with van der Waals surface area (Å²) in [6.45, 7) is 0.176. The van der Waals surface area contributed by atoms with Crippen molar-refractivity contribution < 1.29 is 24.2 Å². The number of hydrogen-bond acceptors (Lipinski definition) is 7. The van der Waals surface area contributed by atoms with Crippen molar-refractivity contribution in [3.8, 4) is 11.5 Å². The number of hydrogen-bond donors (Lipinski definition) is 0. The van der Waals surface area contributed by atoms with E-state index in [1.165, 1.54) is 17.0 Å². The largest absolute Gasteiger partial charge is 0.545 e. The van der Waals surface area contributed by atoms with Gasteiger partial charge in [-0.2, -0.15) is 0 Å². The number of amides is 1. The van der Waals surface area contributed by atoms with E-state index in [0.717, 1.165) is 17.3 Å². The van der Waals surface area contributed by atoms with E-state index in [-0.39, 0.29) is 18.3 Å². The average Bonchev–Trinajstić information content (AvgIpc) is 3.19. The molecule has 0 saturated carbocycles. The Morgan fingerprint density at radius 3 is 2.81 bits per heavy atom. The maximum absolute atomic E-state index is 12.8. The number of nitrogens with zero attached hydrogens (tertiary/aromatic N) is 1. The summed E-state index contributed by atoms with van der Waals surface area (Å²) >= 11 is 6.45. The van der Waals surface area contributed by atoms with Crippen LogP contribution in [-0.2, 0) is 4.79 Å². The van der Waals surface area contributed by atoms with Gasteiger partial charge in [-0.3, -0.25) is 9.69 Å². The van der Waals surface area contributed by atoms with E-state index in [1.807, 2.05) is 6.07 Å². The van der Waals surface area contributed by atoms with E-state index in [2.05, 4.69) is 0 Å². The van der Waals surface area contributed by atoms with Gasteiger partial charge in [0.05, 0.1) is 16.6 Å². The predicted molar refractivity (Wildman–Crippen MR) is 99.0 cm³/mol. The smallest absolute Gasteiger partial charge is 0.270 e. The highest BCUT2D eigenvalue weighted by Gasteiger charge is 2.33. The van der Waals surface area contributed by atoms with Gasteiger partial charge in [0, 0.05) is 0 Å². The van der Waals surface area contributed by atoms with Crippen molar-refractivity contribution >= 4 is 51.9 Å². The zero-order valence-electron chi connectivity index (χ0n) is 13.1. The van der Waals surface area contributed by atoms with Crippen LogP contribution in [0, 0.1) is 0 Å². The number of aromatic carboxylic acids is 1. The molecule has 2 aromatic carbocycles. The van der Waals surface area contributed by atoms with Gasteiger partial charge in [-0.15, -0.1) is 0 Å². The topological polar surface area (TPSA) is 78.9 Å². The second-order valence-corrected chi connectivity index (χ2v) is 7.14. The lowest BCUT2D eigenvalue weighted by Gasteiger charge is -2.15. The fourth-order valence-corrected chi connectivity index (χ4v) is 3.92. The van der Waals surface area contributed by atoms with E-state index in [0.29, 0.717) is 26.4 Å². The zero-order valence-corrected chi connectivity index (χ0v) is 14.8. The van der Waals surface area contributed by atoms with Gasteiger partial charge in [0.15, 0.2) is 15.8 Å². The van der Waals surface area contributed by atoms with Crippen LogP contribution in [0.5, 0.6) is 11.5 Å². The van der Waals surface area contributed by atoms with E-state index in [1.54, 1.807) is 30.3 Å². The van der Waals surface area contributed by atoms with Gasteiger partial charge in [0.2, 0.25) is 6.79 Å². The molecule has 26 heavy (non-hydrogen) atoms. The minimum Gasteiger partial charge on any atom is -0.545 e. The van der Waals surface area contributed by atoms with Gasteiger partial charge in [0.1, 0.15) is 0 Å². The number of carbonyl (C=O) groups is 2. The molecule has 8 heteroatoms. The molecule has 0 unspecified atom stereocenters. The van der Waals surface area contributed by atoms with E-state index in [9.17, 15) is 14.7 Å². The molecular weight excluding hydrogens is 374 g/mol. The van der Waals surface area contributed by atoms with Gasteiger partial charge >= 0.3 is 0 Å². The van der Waals surface area contributed by atoms with E-state index < -0.39 is 5.97 Å². The van der Waals surface area contributed by atoms with Gasteiger partial charge < -0.3 is 19.4 Å². The number of ether oxygens (including phenoxy) is 2. The maximum atomic E-state index is 12.8. The first-order chi connectivity index (χ1) is 12.5. The van der Waals surface area contributed by atoms with Crippen LogP contribution in [-0.4, -0.2) is 23.0 Å². The molecule has 2 aromatic rings. The summed E-state index contributed by atoms with van der Waals surface area (Å²) < 4.78 is 10.9. The highest BCUT2D eigenvalue weighted by molar-refractivity contribution is 8.27. The minimum atomic E-state index is -1.31. The Morgan fingerprint density at radius 2 is 2.00 bits per heavy atom. The highest BCUT2D eigenvalue weighted by Crippen LogP contribution is 2.38. The number of carboxylic acid groups (broad SMARTS) is 1. The molecule has 6 nitrogen and oxygen atoms in total. The van der Waals surface area contributed by atoms with Gasteiger partial charge in [-0.1, -0.05) is 42.2 Å². The van der Waals surface area contributed by atoms with Gasteiger partial charge in [0.25, 0.3) is 5.91 Å². The van der Waals surface area contributed by atoms with Crippen molar-refractivity contribution in [2.24, 2.45) is 0 Å². The first kappa shape index (κ1) is 16.6.